The summed E-state index contributed by atoms with van der Waals surface area (Å²) in [6.45, 7) is 1.42. The molecule has 2 aromatic carbocycles. The van der Waals surface area contributed by atoms with Crippen LogP contribution >= 0.6 is 0 Å². The van der Waals surface area contributed by atoms with Crippen LogP contribution in [0.25, 0.3) is 22.5 Å². The van der Waals surface area contributed by atoms with Gasteiger partial charge >= 0.3 is 0 Å². The Morgan fingerprint density at radius 2 is 1.48 bits per heavy atom. The summed E-state index contributed by atoms with van der Waals surface area (Å²) in [5.74, 6) is 1.45. The Balaban J connectivity index is 2.17. The smallest absolute Gasteiger partial charge is 0.244 e. The first kappa shape index (κ1) is 20.1. The van der Waals surface area contributed by atoms with E-state index in [4.69, 9.17) is 18.9 Å². The fraction of sp³-hybridized carbons (Fsp3) is 0.238. The van der Waals surface area contributed by atoms with Gasteiger partial charge in [0.05, 0.1) is 39.8 Å². The first-order chi connectivity index (χ1) is 13.9. The number of nitrogens with zero attached hydrogens (tertiary/aromatic N) is 2. The average Bonchev–Trinajstić information content (AvgIpc) is 3.18. The third-order valence-electron chi connectivity index (χ3n) is 4.44. The van der Waals surface area contributed by atoms with Crippen LogP contribution in [0.5, 0.6) is 28.7 Å². The molecule has 1 N–H and O–H groups in total. The number of rotatable bonds is 6. The van der Waals surface area contributed by atoms with Crippen LogP contribution in [0.2, 0.25) is 0 Å². The van der Waals surface area contributed by atoms with Crippen molar-refractivity contribution >= 4 is 5.91 Å². The van der Waals surface area contributed by atoms with E-state index in [9.17, 15) is 9.90 Å². The van der Waals surface area contributed by atoms with Crippen molar-refractivity contribution in [3.63, 3.8) is 0 Å². The highest BCUT2D eigenvalue weighted by Gasteiger charge is 2.19. The lowest BCUT2D eigenvalue weighted by molar-refractivity contribution is 0.0923. The van der Waals surface area contributed by atoms with Gasteiger partial charge in [0.1, 0.15) is 0 Å². The highest BCUT2D eigenvalue weighted by molar-refractivity contribution is 5.84. The molecular weight excluding hydrogens is 376 g/mol. The highest BCUT2D eigenvalue weighted by atomic mass is 16.5. The summed E-state index contributed by atoms with van der Waals surface area (Å²) in [5, 5.41) is 14.6. The van der Waals surface area contributed by atoms with Crippen molar-refractivity contribution in [1.29, 1.82) is 0 Å². The maximum Gasteiger partial charge on any atom is 0.244 e. The van der Waals surface area contributed by atoms with E-state index in [2.05, 4.69) is 5.10 Å². The minimum atomic E-state index is -0.269. The Morgan fingerprint density at radius 1 is 0.862 bits per heavy atom. The van der Waals surface area contributed by atoms with Gasteiger partial charge in [0, 0.05) is 18.1 Å². The number of carbonyl (C=O) groups is 1. The van der Waals surface area contributed by atoms with E-state index in [1.54, 1.807) is 30.3 Å². The van der Waals surface area contributed by atoms with E-state index >= 15 is 0 Å². The summed E-state index contributed by atoms with van der Waals surface area (Å²) in [6.07, 6.45) is 0. The Bertz CT molecular complexity index is 1030. The van der Waals surface area contributed by atoms with Crippen LogP contribution in [0.1, 0.15) is 11.7 Å². The van der Waals surface area contributed by atoms with E-state index in [1.807, 2.05) is 0 Å². The second kappa shape index (κ2) is 8.14. The predicted molar refractivity (Wildman–Crippen MR) is 107 cm³/mol. The molecule has 3 aromatic rings. The average molecular weight is 398 g/mol. The molecule has 0 aliphatic carbocycles. The molecule has 8 heteroatoms. The van der Waals surface area contributed by atoms with Gasteiger partial charge in [-0.1, -0.05) is 0 Å². The number of benzene rings is 2. The fourth-order valence-corrected chi connectivity index (χ4v) is 3.05. The standard InChI is InChI=1S/C21H22N2O6/c1-12(24)23-16(13-6-7-18(26-2)17(25)8-13)11-15(22-23)14-9-19(27-3)21(29-5)20(10-14)28-4/h6-11,25H,1-5H3. The molecule has 0 aliphatic heterocycles. The first-order valence-electron chi connectivity index (χ1n) is 8.72. The number of hydrogen-bond donors (Lipinski definition) is 1. The van der Waals surface area contributed by atoms with Crippen LogP contribution in [0.4, 0.5) is 0 Å². The van der Waals surface area contributed by atoms with Gasteiger partial charge in [-0.3, -0.25) is 4.79 Å². The van der Waals surface area contributed by atoms with Crippen molar-refractivity contribution < 1.29 is 28.8 Å². The van der Waals surface area contributed by atoms with Gasteiger partial charge in [-0.15, -0.1) is 0 Å². The number of aromatic nitrogens is 2. The Morgan fingerprint density at radius 3 is 1.97 bits per heavy atom. The second-order valence-electron chi connectivity index (χ2n) is 6.15. The van der Waals surface area contributed by atoms with Crippen LogP contribution < -0.4 is 18.9 Å². The van der Waals surface area contributed by atoms with E-state index < -0.39 is 0 Å². The highest BCUT2D eigenvalue weighted by Crippen LogP contribution is 2.41. The summed E-state index contributed by atoms with van der Waals surface area (Å²) in [4.78, 5) is 12.2. The number of ether oxygens (including phenoxy) is 4. The molecule has 0 spiro atoms. The lowest BCUT2D eigenvalue weighted by atomic mass is 10.1. The molecule has 152 valence electrons. The minimum absolute atomic E-state index is 0.0318. The van der Waals surface area contributed by atoms with Gasteiger partial charge in [0.25, 0.3) is 0 Å². The lowest BCUT2D eigenvalue weighted by Gasteiger charge is -2.13. The molecule has 0 amide bonds. The minimum Gasteiger partial charge on any atom is -0.504 e. The van der Waals surface area contributed by atoms with E-state index in [0.29, 0.717) is 45.5 Å². The van der Waals surface area contributed by atoms with Gasteiger partial charge in [-0.05, 0) is 36.4 Å². The summed E-state index contributed by atoms with van der Waals surface area (Å²) >= 11 is 0. The summed E-state index contributed by atoms with van der Waals surface area (Å²) in [5.41, 5.74) is 2.35. The van der Waals surface area contributed by atoms with Gasteiger partial charge in [0.15, 0.2) is 23.0 Å². The molecule has 0 aliphatic rings. The van der Waals surface area contributed by atoms with Gasteiger partial charge < -0.3 is 24.1 Å². The van der Waals surface area contributed by atoms with Crippen molar-refractivity contribution in [2.45, 2.75) is 6.92 Å². The van der Waals surface area contributed by atoms with Crippen LogP contribution in [0.15, 0.2) is 36.4 Å². The van der Waals surface area contributed by atoms with Crippen LogP contribution in [0.3, 0.4) is 0 Å². The van der Waals surface area contributed by atoms with E-state index in [0.717, 1.165) is 0 Å². The second-order valence-corrected chi connectivity index (χ2v) is 6.15. The zero-order valence-corrected chi connectivity index (χ0v) is 16.8. The van der Waals surface area contributed by atoms with Crippen LogP contribution in [-0.4, -0.2) is 49.2 Å². The van der Waals surface area contributed by atoms with Crippen LogP contribution in [0, 0.1) is 0 Å². The van der Waals surface area contributed by atoms with Crippen molar-refractivity contribution in [3.8, 4) is 51.3 Å². The number of phenols is 1. The summed E-state index contributed by atoms with van der Waals surface area (Å²) in [6, 6.07) is 10.2. The molecule has 0 saturated heterocycles. The maximum atomic E-state index is 12.2. The number of hydrogen-bond acceptors (Lipinski definition) is 7. The molecule has 0 unspecified atom stereocenters. The molecule has 3 rings (SSSR count). The molecule has 8 nitrogen and oxygen atoms in total. The van der Waals surface area contributed by atoms with Crippen LogP contribution in [-0.2, 0) is 0 Å². The SMILES string of the molecule is COc1ccc(-c2cc(-c3cc(OC)c(OC)c(OC)c3)nn2C(C)=O)cc1O. The quantitative estimate of drug-likeness (QED) is 0.678. The topological polar surface area (TPSA) is 92.0 Å². The molecule has 0 fully saturated rings. The number of aromatic hydroxyl groups is 1. The Kier molecular flexibility index (Phi) is 5.63. The van der Waals surface area contributed by atoms with Gasteiger partial charge in [-0.2, -0.15) is 9.78 Å². The molecule has 29 heavy (non-hydrogen) atoms. The number of methoxy groups -OCH3 is 4. The maximum absolute atomic E-state index is 12.2. The van der Waals surface area contributed by atoms with Crippen molar-refractivity contribution in [2.24, 2.45) is 0 Å². The largest absolute Gasteiger partial charge is 0.504 e. The first-order valence-corrected chi connectivity index (χ1v) is 8.72. The van der Waals surface area contributed by atoms with Crippen molar-refractivity contribution in [2.75, 3.05) is 28.4 Å². The monoisotopic (exact) mass is 398 g/mol. The normalized spacial score (nSPS) is 10.5. The molecule has 0 saturated carbocycles. The molecule has 1 aromatic heterocycles. The molecular formula is C21H22N2O6. The zero-order chi connectivity index (χ0) is 21.1. The zero-order valence-electron chi connectivity index (χ0n) is 16.8. The number of carbonyl (C=O) groups excluding carboxylic acids is 1. The molecule has 0 radical (unpaired) electrons. The lowest BCUT2D eigenvalue weighted by Crippen LogP contribution is -2.09. The van der Waals surface area contributed by atoms with Gasteiger partial charge in [-0.25, -0.2) is 0 Å². The number of phenolic OH excluding ortho intramolecular Hbond substituents is 1. The Hall–Kier alpha value is -3.68. The van der Waals surface area contributed by atoms with Crippen molar-refractivity contribution in [1.82, 2.24) is 9.78 Å². The third kappa shape index (κ3) is 3.69. The van der Waals surface area contributed by atoms with E-state index in [1.165, 1.54) is 46.1 Å². The third-order valence-corrected chi connectivity index (χ3v) is 4.44. The predicted octanol–water partition coefficient (Wildman–Crippen LogP) is 3.62. The Labute approximate surface area is 168 Å². The summed E-state index contributed by atoms with van der Waals surface area (Å²) < 4.78 is 22.5. The molecule has 0 atom stereocenters. The van der Waals surface area contributed by atoms with E-state index in [-0.39, 0.29) is 11.7 Å². The summed E-state index contributed by atoms with van der Waals surface area (Å²) in [7, 11) is 6.05. The molecule has 1 heterocycles. The molecule has 0 bridgehead atoms. The fourth-order valence-electron chi connectivity index (χ4n) is 3.05. The van der Waals surface area contributed by atoms with Gasteiger partial charge in [0.2, 0.25) is 11.7 Å². The van der Waals surface area contributed by atoms with Crippen molar-refractivity contribution in [3.05, 3.63) is 36.4 Å².